The Morgan fingerprint density at radius 2 is 2.05 bits per heavy atom. The topological polar surface area (TPSA) is 99.2 Å². The predicted molar refractivity (Wildman–Crippen MR) is 70.4 cm³/mol. The van der Waals surface area contributed by atoms with Gasteiger partial charge in [0.15, 0.2) is 0 Å². The van der Waals surface area contributed by atoms with Crippen molar-refractivity contribution in [2.75, 3.05) is 6.54 Å². The molecule has 0 atom stereocenters. The van der Waals surface area contributed by atoms with Crippen molar-refractivity contribution >= 4 is 5.69 Å². The van der Waals surface area contributed by atoms with E-state index >= 15 is 0 Å². The highest BCUT2D eigenvalue weighted by atomic mass is 16.6. The van der Waals surface area contributed by atoms with Crippen LogP contribution in [0.3, 0.4) is 0 Å². The predicted octanol–water partition coefficient (Wildman–Crippen LogP) is -0.157. The van der Waals surface area contributed by atoms with Crippen molar-refractivity contribution < 1.29 is 4.92 Å². The summed E-state index contributed by atoms with van der Waals surface area (Å²) in [6.07, 6.45) is 1.50. The molecule has 0 fully saturated rings. The molecule has 0 aliphatic carbocycles. The van der Waals surface area contributed by atoms with Crippen LogP contribution in [0.15, 0.2) is 15.8 Å². The summed E-state index contributed by atoms with van der Waals surface area (Å²) in [5, 5.41) is 13.9. The highest BCUT2D eigenvalue weighted by molar-refractivity contribution is 5.21. The molecule has 0 saturated heterocycles. The molecule has 0 spiro atoms. The second-order valence-electron chi connectivity index (χ2n) is 4.58. The minimum atomic E-state index is -0.849. The summed E-state index contributed by atoms with van der Waals surface area (Å²) in [5.41, 5.74) is -1.98. The van der Waals surface area contributed by atoms with Gasteiger partial charge in [-0.2, -0.15) is 0 Å². The summed E-state index contributed by atoms with van der Waals surface area (Å²) < 4.78 is 1.95. The van der Waals surface area contributed by atoms with E-state index in [1.807, 2.05) is 13.8 Å². The molecule has 0 radical (unpaired) electrons. The molecular weight excluding hydrogens is 252 g/mol. The SMILES string of the molecule is CC(C)NCCCn1c(=O)c([N+](=O)[O-])cn(C)c1=O. The van der Waals surface area contributed by atoms with Crippen molar-refractivity contribution in [2.45, 2.75) is 32.9 Å². The monoisotopic (exact) mass is 270 g/mol. The molecule has 0 amide bonds. The smallest absolute Gasteiger partial charge is 0.314 e. The highest BCUT2D eigenvalue weighted by Crippen LogP contribution is 1.99. The van der Waals surface area contributed by atoms with Gasteiger partial charge in [-0.25, -0.2) is 4.79 Å². The fourth-order valence-electron chi connectivity index (χ4n) is 1.66. The molecule has 106 valence electrons. The van der Waals surface area contributed by atoms with E-state index < -0.39 is 21.9 Å². The number of rotatable bonds is 6. The summed E-state index contributed by atoms with van der Waals surface area (Å²) in [6, 6.07) is 0.310. The molecule has 0 bridgehead atoms. The van der Waals surface area contributed by atoms with Crippen LogP contribution in [0.5, 0.6) is 0 Å². The third-order valence-electron chi connectivity index (χ3n) is 2.62. The minimum absolute atomic E-state index is 0.160. The number of aryl methyl sites for hydroxylation is 1. The summed E-state index contributed by atoms with van der Waals surface area (Å²) >= 11 is 0. The van der Waals surface area contributed by atoms with Crippen LogP contribution in [-0.2, 0) is 13.6 Å². The van der Waals surface area contributed by atoms with Crippen LogP contribution in [0, 0.1) is 10.1 Å². The number of hydrogen-bond acceptors (Lipinski definition) is 5. The van der Waals surface area contributed by atoms with Crippen LogP contribution >= 0.6 is 0 Å². The Morgan fingerprint density at radius 1 is 1.42 bits per heavy atom. The average Bonchev–Trinajstić information content (AvgIpc) is 2.32. The van der Waals surface area contributed by atoms with Crippen LogP contribution in [0.2, 0.25) is 0 Å². The Kier molecular flexibility index (Phi) is 4.99. The first-order valence-electron chi connectivity index (χ1n) is 6.03. The zero-order valence-electron chi connectivity index (χ0n) is 11.3. The lowest BCUT2D eigenvalue weighted by Gasteiger charge is -2.09. The van der Waals surface area contributed by atoms with Crippen molar-refractivity contribution in [3.8, 4) is 0 Å². The largest absolute Gasteiger partial charge is 0.350 e. The number of nitro groups is 1. The first-order chi connectivity index (χ1) is 8.84. The normalized spacial score (nSPS) is 10.9. The van der Waals surface area contributed by atoms with E-state index in [9.17, 15) is 19.7 Å². The van der Waals surface area contributed by atoms with E-state index in [-0.39, 0.29) is 6.54 Å². The molecule has 1 N–H and O–H groups in total. The Labute approximate surface area is 109 Å². The zero-order chi connectivity index (χ0) is 14.6. The summed E-state index contributed by atoms with van der Waals surface area (Å²) in [5.74, 6) is 0. The van der Waals surface area contributed by atoms with Gasteiger partial charge in [0, 0.05) is 19.6 Å². The molecule has 1 aromatic rings. The van der Waals surface area contributed by atoms with Crippen molar-refractivity contribution in [2.24, 2.45) is 7.05 Å². The standard InChI is InChI=1S/C11H18N4O4/c1-8(2)12-5-4-6-14-10(16)9(15(18)19)7-13(3)11(14)17/h7-8,12H,4-6H2,1-3H3. The van der Waals surface area contributed by atoms with Gasteiger partial charge in [0.05, 0.1) is 11.1 Å². The lowest BCUT2D eigenvalue weighted by molar-refractivity contribution is -0.387. The quantitative estimate of drug-likeness (QED) is 0.440. The first kappa shape index (κ1) is 15.1. The number of hydrogen-bond donors (Lipinski definition) is 1. The first-order valence-corrected chi connectivity index (χ1v) is 6.03. The van der Waals surface area contributed by atoms with Gasteiger partial charge in [0.1, 0.15) is 0 Å². The van der Waals surface area contributed by atoms with Gasteiger partial charge in [-0.3, -0.25) is 24.0 Å². The number of nitrogens with one attached hydrogen (secondary N) is 1. The van der Waals surface area contributed by atoms with Gasteiger partial charge in [-0.1, -0.05) is 13.8 Å². The van der Waals surface area contributed by atoms with Gasteiger partial charge < -0.3 is 5.32 Å². The third kappa shape index (κ3) is 3.75. The molecule has 0 unspecified atom stereocenters. The van der Waals surface area contributed by atoms with Crippen LogP contribution in [0.1, 0.15) is 20.3 Å². The van der Waals surface area contributed by atoms with E-state index in [1.165, 1.54) is 7.05 Å². The van der Waals surface area contributed by atoms with Crippen molar-refractivity contribution in [1.29, 1.82) is 0 Å². The summed E-state index contributed by atoms with van der Waals surface area (Å²) in [4.78, 5) is 33.5. The lowest BCUT2D eigenvalue weighted by atomic mass is 10.3. The van der Waals surface area contributed by atoms with E-state index in [0.29, 0.717) is 19.0 Å². The molecule has 0 aliphatic rings. The molecule has 8 heteroatoms. The molecule has 1 aromatic heterocycles. The lowest BCUT2D eigenvalue weighted by Crippen LogP contribution is -2.40. The van der Waals surface area contributed by atoms with E-state index in [0.717, 1.165) is 15.3 Å². The van der Waals surface area contributed by atoms with E-state index in [4.69, 9.17) is 0 Å². The van der Waals surface area contributed by atoms with Gasteiger partial charge >= 0.3 is 16.9 Å². The van der Waals surface area contributed by atoms with E-state index in [1.54, 1.807) is 0 Å². The molecular formula is C11H18N4O4. The maximum absolute atomic E-state index is 11.8. The number of aromatic nitrogens is 2. The Hall–Kier alpha value is -1.96. The van der Waals surface area contributed by atoms with Gasteiger partial charge in [-0.05, 0) is 13.0 Å². The molecule has 8 nitrogen and oxygen atoms in total. The van der Waals surface area contributed by atoms with Crippen molar-refractivity contribution in [3.05, 3.63) is 37.1 Å². The maximum Gasteiger partial charge on any atom is 0.350 e. The number of nitrogens with zero attached hydrogens (tertiary/aromatic N) is 3. The minimum Gasteiger partial charge on any atom is -0.314 e. The fraction of sp³-hybridized carbons (Fsp3) is 0.636. The Morgan fingerprint density at radius 3 is 2.58 bits per heavy atom. The van der Waals surface area contributed by atoms with Crippen molar-refractivity contribution in [3.63, 3.8) is 0 Å². The summed E-state index contributed by atoms with van der Waals surface area (Å²) in [7, 11) is 1.39. The van der Waals surface area contributed by atoms with Crippen LogP contribution in [0.4, 0.5) is 5.69 Å². The highest BCUT2D eigenvalue weighted by Gasteiger charge is 2.18. The molecule has 0 saturated carbocycles. The molecule has 1 heterocycles. The Balaban J connectivity index is 2.97. The van der Waals surface area contributed by atoms with Crippen LogP contribution in [0.25, 0.3) is 0 Å². The molecule has 0 aromatic carbocycles. The average molecular weight is 270 g/mol. The maximum atomic E-state index is 11.8. The second kappa shape index (κ2) is 6.28. The Bertz CT molecular complexity index is 573. The summed E-state index contributed by atoms with van der Waals surface area (Å²) in [6.45, 7) is 4.76. The zero-order valence-corrected chi connectivity index (χ0v) is 11.3. The molecule has 0 aliphatic heterocycles. The van der Waals surface area contributed by atoms with Crippen LogP contribution in [-0.4, -0.2) is 26.6 Å². The molecule has 19 heavy (non-hydrogen) atoms. The van der Waals surface area contributed by atoms with Gasteiger partial charge in [0.2, 0.25) is 0 Å². The molecule has 1 rings (SSSR count). The van der Waals surface area contributed by atoms with Gasteiger partial charge in [0.25, 0.3) is 0 Å². The van der Waals surface area contributed by atoms with Gasteiger partial charge in [-0.15, -0.1) is 0 Å². The third-order valence-corrected chi connectivity index (χ3v) is 2.62. The van der Waals surface area contributed by atoms with Crippen LogP contribution < -0.4 is 16.6 Å². The fourth-order valence-corrected chi connectivity index (χ4v) is 1.66. The van der Waals surface area contributed by atoms with E-state index in [2.05, 4.69) is 5.32 Å². The van der Waals surface area contributed by atoms with Crippen molar-refractivity contribution in [1.82, 2.24) is 14.5 Å². The second-order valence-corrected chi connectivity index (χ2v) is 4.58.